The van der Waals surface area contributed by atoms with Crippen LogP contribution < -0.4 is 4.74 Å². The quantitative estimate of drug-likeness (QED) is 0.409. The number of Topliss-reactive ketones (excluding diaryl/α,β-unsaturated/α-hetero) is 1. The number of ether oxygens (including phenoxy) is 2. The van der Waals surface area contributed by atoms with Crippen molar-refractivity contribution < 1.29 is 22.7 Å². The van der Waals surface area contributed by atoms with E-state index in [1.165, 1.54) is 27.3 Å². The molecule has 2 aliphatic rings. The van der Waals surface area contributed by atoms with E-state index in [4.69, 9.17) is 9.47 Å². The summed E-state index contributed by atoms with van der Waals surface area (Å²) in [5.41, 5.74) is 2.45. The largest absolute Gasteiger partial charge is 0.489 e. The standard InChI is InChI=1S/C25H32BrN3O5S/c1-6-7-16-10-20-24(21(30)11-16)23(18(14-27)15(2)28-20)17-12-19(26)25(34-9-8-33-5)22(13-17)35(31,32)29(3)4/h12-13,16,18,23H,6-11H2,1-5H3. The molecule has 0 fully saturated rings. The fraction of sp³-hybridized carbons (Fsp3) is 0.560. The first-order valence-corrected chi connectivity index (χ1v) is 13.9. The summed E-state index contributed by atoms with van der Waals surface area (Å²) in [7, 11) is 0.527. The van der Waals surface area contributed by atoms with Gasteiger partial charge in [-0.15, -0.1) is 0 Å². The van der Waals surface area contributed by atoms with Crippen molar-refractivity contribution in [3.8, 4) is 11.8 Å². The van der Waals surface area contributed by atoms with Gasteiger partial charge in [0.05, 0.1) is 23.1 Å². The second-order valence-corrected chi connectivity index (χ2v) is 12.1. The zero-order chi connectivity index (χ0) is 25.9. The van der Waals surface area contributed by atoms with Crippen molar-refractivity contribution in [3.63, 3.8) is 0 Å². The Hall–Kier alpha value is -2.06. The van der Waals surface area contributed by atoms with E-state index < -0.39 is 21.9 Å². The smallest absolute Gasteiger partial charge is 0.246 e. The Bertz CT molecular complexity index is 1200. The number of carbonyl (C=O) groups excluding carboxylic acids is 1. The molecule has 0 saturated carbocycles. The van der Waals surface area contributed by atoms with Crippen molar-refractivity contribution in [1.82, 2.24) is 4.31 Å². The molecule has 3 rings (SSSR count). The molecule has 0 aromatic heterocycles. The van der Waals surface area contributed by atoms with Crippen molar-refractivity contribution >= 4 is 37.4 Å². The number of ketones is 1. The zero-order valence-corrected chi connectivity index (χ0v) is 23.2. The number of nitriles is 1. The van der Waals surface area contributed by atoms with E-state index in [9.17, 15) is 18.5 Å². The minimum Gasteiger partial charge on any atom is -0.489 e. The molecule has 0 N–H and O–H groups in total. The SMILES string of the molecule is CCCC1CC(=O)C2=C(C1)N=C(C)C(C#N)C2c1cc(Br)c(OCCOC)c(S(=O)(=O)N(C)C)c1. The highest BCUT2D eigenvalue weighted by Gasteiger charge is 2.42. The summed E-state index contributed by atoms with van der Waals surface area (Å²) in [5, 5.41) is 10.0. The summed E-state index contributed by atoms with van der Waals surface area (Å²) in [6.07, 6.45) is 3.02. The first-order valence-electron chi connectivity index (χ1n) is 11.6. The molecule has 0 bridgehead atoms. The summed E-state index contributed by atoms with van der Waals surface area (Å²) in [5.74, 6) is -0.901. The van der Waals surface area contributed by atoms with Gasteiger partial charge >= 0.3 is 0 Å². The molecule has 1 aromatic carbocycles. The van der Waals surface area contributed by atoms with Gasteiger partial charge in [0, 0.05) is 50.5 Å². The van der Waals surface area contributed by atoms with E-state index in [1.54, 1.807) is 13.0 Å². The fourth-order valence-electron chi connectivity index (χ4n) is 4.80. The normalized spacial score (nSPS) is 22.6. The number of rotatable bonds is 9. The van der Waals surface area contributed by atoms with Crippen LogP contribution in [0.25, 0.3) is 0 Å². The average molecular weight is 567 g/mol. The van der Waals surface area contributed by atoms with E-state index in [1.807, 2.05) is 0 Å². The van der Waals surface area contributed by atoms with Gasteiger partial charge in [-0.2, -0.15) is 5.26 Å². The Morgan fingerprint density at radius 2 is 1.97 bits per heavy atom. The zero-order valence-electron chi connectivity index (χ0n) is 20.8. The molecule has 0 amide bonds. The van der Waals surface area contributed by atoms with Crippen LogP contribution in [0.5, 0.6) is 5.75 Å². The Balaban J connectivity index is 2.21. The van der Waals surface area contributed by atoms with Crippen molar-refractivity contribution in [3.05, 3.63) is 33.4 Å². The molecule has 0 radical (unpaired) electrons. The molecule has 8 nitrogen and oxygen atoms in total. The lowest BCUT2D eigenvalue weighted by atomic mass is 9.70. The molecule has 1 aliphatic heterocycles. The van der Waals surface area contributed by atoms with Crippen LogP contribution in [0.3, 0.4) is 0 Å². The van der Waals surface area contributed by atoms with Crippen LogP contribution in [0.1, 0.15) is 51.0 Å². The molecule has 0 spiro atoms. The van der Waals surface area contributed by atoms with Crippen molar-refractivity contribution in [2.75, 3.05) is 34.4 Å². The van der Waals surface area contributed by atoms with Gasteiger partial charge in [0.15, 0.2) is 11.5 Å². The van der Waals surface area contributed by atoms with Gasteiger partial charge in [0.1, 0.15) is 11.5 Å². The highest BCUT2D eigenvalue weighted by atomic mass is 79.9. The summed E-state index contributed by atoms with van der Waals surface area (Å²) >= 11 is 3.49. The Labute approximate surface area is 216 Å². The highest BCUT2D eigenvalue weighted by Crippen LogP contribution is 2.47. The van der Waals surface area contributed by atoms with E-state index in [2.05, 4.69) is 33.9 Å². The third-order valence-corrected chi connectivity index (χ3v) is 8.90. The maximum Gasteiger partial charge on any atom is 0.246 e. The fourth-order valence-corrected chi connectivity index (χ4v) is 6.61. The van der Waals surface area contributed by atoms with Gasteiger partial charge in [-0.3, -0.25) is 9.79 Å². The van der Waals surface area contributed by atoms with E-state index in [-0.39, 0.29) is 35.6 Å². The number of hydrogen-bond donors (Lipinski definition) is 0. The molecule has 1 aliphatic carbocycles. The van der Waals surface area contributed by atoms with Gasteiger partial charge in [0.2, 0.25) is 10.0 Å². The summed E-state index contributed by atoms with van der Waals surface area (Å²) in [6, 6.07) is 5.59. The van der Waals surface area contributed by atoms with Crippen LogP contribution >= 0.6 is 15.9 Å². The predicted molar refractivity (Wildman–Crippen MR) is 137 cm³/mol. The maximum absolute atomic E-state index is 13.4. The topological polar surface area (TPSA) is 109 Å². The van der Waals surface area contributed by atoms with E-state index in [0.29, 0.717) is 34.2 Å². The number of carbonyl (C=O) groups is 1. The van der Waals surface area contributed by atoms with E-state index in [0.717, 1.165) is 22.8 Å². The third-order valence-electron chi connectivity index (χ3n) is 6.49. The Kier molecular flexibility index (Phi) is 8.91. The Morgan fingerprint density at radius 3 is 2.57 bits per heavy atom. The van der Waals surface area contributed by atoms with Crippen LogP contribution in [0.15, 0.2) is 37.8 Å². The second-order valence-electron chi connectivity index (χ2n) is 9.14. The van der Waals surface area contributed by atoms with Crippen molar-refractivity contribution in [1.29, 1.82) is 5.26 Å². The second kappa shape index (κ2) is 11.3. The average Bonchev–Trinajstić information content (AvgIpc) is 2.79. The Morgan fingerprint density at radius 1 is 1.26 bits per heavy atom. The molecule has 190 valence electrons. The highest BCUT2D eigenvalue weighted by molar-refractivity contribution is 9.10. The number of allylic oxidation sites excluding steroid dienone is 2. The van der Waals surface area contributed by atoms with Gasteiger partial charge in [-0.1, -0.05) is 13.3 Å². The van der Waals surface area contributed by atoms with Gasteiger partial charge in [-0.05, 0) is 59.3 Å². The molecule has 3 unspecified atom stereocenters. The van der Waals surface area contributed by atoms with Crippen molar-refractivity contribution in [2.45, 2.75) is 50.3 Å². The number of halogens is 1. The third kappa shape index (κ3) is 5.53. The number of methoxy groups -OCH3 is 1. The minimum atomic E-state index is -3.90. The summed E-state index contributed by atoms with van der Waals surface area (Å²) < 4.78 is 38.9. The summed E-state index contributed by atoms with van der Waals surface area (Å²) in [4.78, 5) is 18.0. The van der Waals surface area contributed by atoms with Gasteiger partial charge in [-0.25, -0.2) is 12.7 Å². The summed E-state index contributed by atoms with van der Waals surface area (Å²) in [6.45, 7) is 4.34. The molecular formula is C25H32BrN3O5S. The number of hydrogen-bond acceptors (Lipinski definition) is 7. The van der Waals surface area contributed by atoms with Crippen LogP contribution in [-0.2, 0) is 19.6 Å². The van der Waals surface area contributed by atoms with Crippen LogP contribution in [-0.4, -0.2) is 58.6 Å². The molecule has 3 atom stereocenters. The van der Waals surface area contributed by atoms with Crippen LogP contribution in [0.4, 0.5) is 0 Å². The minimum absolute atomic E-state index is 0.0141. The van der Waals surface area contributed by atoms with Gasteiger partial charge < -0.3 is 9.47 Å². The first-order chi connectivity index (χ1) is 16.6. The number of aliphatic imine (C=N–C) groups is 1. The van der Waals surface area contributed by atoms with Crippen LogP contribution in [0.2, 0.25) is 0 Å². The number of sulfonamides is 1. The van der Waals surface area contributed by atoms with E-state index >= 15 is 0 Å². The lowest BCUT2D eigenvalue weighted by Crippen LogP contribution is -2.33. The lowest BCUT2D eigenvalue weighted by Gasteiger charge is -2.35. The number of nitrogens with zero attached hydrogens (tertiary/aromatic N) is 3. The lowest BCUT2D eigenvalue weighted by molar-refractivity contribution is -0.117. The molecule has 1 aromatic rings. The maximum atomic E-state index is 13.4. The molecule has 10 heteroatoms. The molecule has 35 heavy (non-hydrogen) atoms. The monoisotopic (exact) mass is 565 g/mol. The predicted octanol–water partition coefficient (Wildman–Crippen LogP) is 4.46. The van der Waals surface area contributed by atoms with Crippen LogP contribution in [0, 0.1) is 23.2 Å². The van der Waals surface area contributed by atoms with Crippen molar-refractivity contribution in [2.24, 2.45) is 16.8 Å². The molecular weight excluding hydrogens is 534 g/mol. The van der Waals surface area contributed by atoms with Gasteiger partial charge in [0.25, 0.3) is 0 Å². The number of benzene rings is 1. The molecule has 0 saturated heterocycles. The first kappa shape index (κ1) is 27.5. The molecule has 1 heterocycles.